The molecule has 0 unspecified atom stereocenters. The Balaban J connectivity index is 1.74. The molecule has 1 heterocycles. The van der Waals surface area contributed by atoms with Gasteiger partial charge in [0.15, 0.2) is 0 Å². The lowest BCUT2D eigenvalue weighted by molar-refractivity contribution is -0.137. The topological polar surface area (TPSA) is 70.6 Å². The Morgan fingerprint density at radius 3 is 2.86 bits per heavy atom. The zero-order valence-corrected chi connectivity index (χ0v) is 11.7. The smallest absolute Gasteiger partial charge is 0.416 e. The Kier molecular flexibility index (Phi) is 5.25. The zero-order valence-electron chi connectivity index (χ0n) is 11.7. The van der Waals surface area contributed by atoms with E-state index in [1.807, 2.05) is 0 Å². The molecular weight excluding hydrogens is 301 g/mol. The number of carbonyl (C=O) groups is 1. The van der Waals surface area contributed by atoms with E-state index in [1.54, 1.807) is 0 Å². The van der Waals surface area contributed by atoms with Crippen molar-refractivity contribution in [3.05, 3.63) is 29.8 Å². The second kappa shape index (κ2) is 6.97. The highest BCUT2D eigenvalue weighted by Gasteiger charge is 2.30. The Bertz CT molecular complexity index is 522. The van der Waals surface area contributed by atoms with E-state index < -0.39 is 23.9 Å². The number of amides is 1. The van der Waals surface area contributed by atoms with Crippen LogP contribution in [-0.2, 0) is 11.0 Å². The van der Waals surface area contributed by atoms with E-state index in [1.165, 1.54) is 12.1 Å². The summed E-state index contributed by atoms with van der Waals surface area (Å²) in [5, 5.41) is 14.8. The van der Waals surface area contributed by atoms with Crippen LogP contribution < -0.4 is 15.4 Å². The summed E-state index contributed by atoms with van der Waals surface area (Å²) in [6.45, 7) is 0.602. The van der Waals surface area contributed by atoms with Gasteiger partial charge in [0.05, 0.1) is 24.3 Å². The average Bonchev–Trinajstić information content (AvgIpc) is 2.89. The van der Waals surface area contributed by atoms with Crippen LogP contribution in [0.5, 0.6) is 5.75 Å². The first-order chi connectivity index (χ1) is 10.4. The predicted octanol–water partition coefficient (Wildman–Crippen LogP) is 0.923. The first-order valence-electron chi connectivity index (χ1n) is 6.85. The van der Waals surface area contributed by atoms with Crippen molar-refractivity contribution in [2.45, 2.75) is 24.7 Å². The van der Waals surface area contributed by atoms with Crippen molar-refractivity contribution in [3.8, 4) is 5.75 Å². The minimum absolute atomic E-state index is 0.0579. The summed E-state index contributed by atoms with van der Waals surface area (Å²) in [6, 6.07) is 4.12. The molecule has 122 valence electrons. The van der Waals surface area contributed by atoms with Gasteiger partial charge in [-0.15, -0.1) is 0 Å². The molecule has 1 saturated heterocycles. The normalized spacial score (nSPS) is 21.6. The second-order valence-electron chi connectivity index (χ2n) is 5.02. The van der Waals surface area contributed by atoms with Crippen LogP contribution in [0.2, 0.25) is 0 Å². The van der Waals surface area contributed by atoms with Crippen LogP contribution in [0.15, 0.2) is 24.3 Å². The van der Waals surface area contributed by atoms with E-state index in [0.717, 1.165) is 12.1 Å². The highest BCUT2D eigenvalue weighted by molar-refractivity contribution is 5.82. The number of halogens is 3. The molecule has 0 aromatic heterocycles. The Morgan fingerprint density at radius 1 is 1.45 bits per heavy atom. The first-order valence-corrected chi connectivity index (χ1v) is 6.85. The average molecular weight is 318 g/mol. The standard InChI is InChI=1S/C14H17F3N2O3/c15-14(16,17)9-2-1-3-11(6-9)22-5-4-18-13(21)12-7-10(20)8-19-12/h1-3,6,10,12,19-20H,4-5,7-8H2,(H,18,21)/t10-,12-/m0/s1. The molecule has 0 aliphatic carbocycles. The van der Waals surface area contributed by atoms with Crippen molar-refractivity contribution in [2.24, 2.45) is 0 Å². The SMILES string of the molecule is O=C(NCCOc1cccc(C(F)(F)F)c1)[C@@H]1C[C@H](O)CN1. The van der Waals surface area contributed by atoms with E-state index in [2.05, 4.69) is 10.6 Å². The molecule has 1 aliphatic heterocycles. The number of ether oxygens (including phenoxy) is 1. The zero-order chi connectivity index (χ0) is 16.2. The molecule has 1 aromatic carbocycles. The predicted molar refractivity (Wildman–Crippen MR) is 72.4 cm³/mol. The van der Waals surface area contributed by atoms with Crippen molar-refractivity contribution in [1.82, 2.24) is 10.6 Å². The summed E-state index contributed by atoms with van der Waals surface area (Å²) >= 11 is 0. The van der Waals surface area contributed by atoms with E-state index in [0.29, 0.717) is 13.0 Å². The molecule has 2 atom stereocenters. The molecule has 1 fully saturated rings. The molecule has 8 heteroatoms. The van der Waals surface area contributed by atoms with Gasteiger partial charge in [-0.2, -0.15) is 13.2 Å². The van der Waals surface area contributed by atoms with E-state index >= 15 is 0 Å². The molecule has 0 saturated carbocycles. The Labute approximate surface area is 125 Å². The monoisotopic (exact) mass is 318 g/mol. The van der Waals surface area contributed by atoms with Crippen molar-refractivity contribution >= 4 is 5.91 Å². The van der Waals surface area contributed by atoms with Crippen LogP contribution in [0.1, 0.15) is 12.0 Å². The molecule has 0 bridgehead atoms. The number of carbonyl (C=O) groups excluding carboxylic acids is 1. The summed E-state index contributed by atoms with van der Waals surface area (Å²) in [7, 11) is 0. The van der Waals surface area contributed by atoms with Crippen LogP contribution in [0.25, 0.3) is 0 Å². The lowest BCUT2D eigenvalue weighted by Crippen LogP contribution is -2.41. The van der Waals surface area contributed by atoms with Crippen LogP contribution in [0.3, 0.4) is 0 Å². The molecule has 2 rings (SSSR count). The summed E-state index contributed by atoms with van der Waals surface area (Å²) in [5.74, 6) is -0.164. The van der Waals surface area contributed by atoms with Gasteiger partial charge in [0.1, 0.15) is 12.4 Å². The molecule has 1 amide bonds. The number of aliphatic hydroxyl groups is 1. The quantitative estimate of drug-likeness (QED) is 0.706. The molecule has 3 N–H and O–H groups in total. The van der Waals surface area contributed by atoms with Crippen molar-refractivity contribution < 1.29 is 27.8 Å². The fraction of sp³-hybridized carbons (Fsp3) is 0.500. The van der Waals surface area contributed by atoms with Crippen LogP contribution in [0.4, 0.5) is 13.2 Å². The van der Waals surface area contributed by atoms with Crippen LogP contribution in [0, 0.1) is 0 Å². The summed E-state index contributed by atoms with van der Waals surface area (Å²) < 4.78 is 42.8. The summed E-state index contributed by atoms with van der Waals surface area (Å²) in [6.07, 6.45) is -4.60. The largest absolute Gasteiger partial charge is 0.492 e. The number of benzene rings is 1. The Hall–Kier alpha value is -1.80. The third kappa shape index (κ3) is 4.60. The maximum atomic E-state index is 12.5. The third-order valence-corrected chi connectivity index (χ3v) is 3.26. The lowest BCUT2D eigenvalue weighted by Gasteiger charge is -2.12. The van der Waals surface area contributed by atoms with Gasteiger partial charge in [-0.1, -0.05) is 6.07 Å². The highest BCUT2D eigenvalue weighted by Crippen LogP contribution is 2.31. The maximum absolute atomic E-state index is 12.5. The van der Waals surface area contributed by atoms with E-state index in [-0.39, 0.29) is 24.8 Å². The van der Waals surface area contributed by atoms with E-state index in [4.69, 9.17) is 4.74 Å². The van der Waals surface area contributed by atoms with Crippen LogP contribution in [-0.4, -0.2) is 42.9 Å². The fourth-order valence-corrected chi connectivity index (χ4v) is 2.15. The number of β-amino-alcohol motifs (C(OH)–C–C–N with tert-alkyl or cyclic N) is 1. The lowest BCUT2D eigenvalue weighted by atomic mass is 10.2. The number of aliphatic hydroxyl groups excluding tert-OH is 1. The van der Waals surface area contributed by atoms with Gasteiger partial charge in [-0.3, -0.25) is 4.79 Å². The molecule has 22 heavy (non-hydrogen) atoms. The minimum atomic E-state index is -4.41. The minimum Gasteiger partial charge on any atom is -0.492 e. The molecule has 0 spiro atoms. The second-order valence-corrected chi connectivity index (χ2v) is 5.02. The fourth-order valence-electron chi connectivity index (χ4n) is 2.15. The third-order valence-electron chi connectivity index (χ3n) is 3.26. The van der Waals surface area contributed by atoms with Crippen molar-refractivity contribution in [2.75, 3.05) is 19.7 Å². The summed E-state index contributed by atoms with van der Waals surface area (Å²) in [4.78, 5) is 11.7. The first kappa shape index (κ1) is 16.6. The number of alkyl halides is 3. The van der Waals surface area contributed by atoms with Crippen LogP contribution >= 0.6 is 0 Å². The molecule has 1 aliphatic rings. The van der Waals surface area contributed by atoms with Gasteiger partial charge in [0, 0.05) is 6.54 Å². The number of rotatable bonds is 5. The molecule has 1 aromatic rings. The molecular formula is C14H17F3N2O3. The number of nitrogens with one attached hydrogen (secondary N) is 2. The van der Waals surface area contributed by atoms with Crippen molar-refractivity contribution in [1.29, 1.82) is 0 Å². The Morgan fingerprint density at radius 2 is 2.23 bits per heavy atom. The van der Waals surface area contributed by atoms with E-state index in [9.17, 15) is 23.1 Å². The van der Waals surface area contributed by atoms with Gasteiger partial charge < -0.3 is 20.5 Å². The van der Waals surface area contributed by atoms with Gasteiger partial charge in [0.25, 0.3) is 0 Å². The maximum Gasteiger partial charge on any atom is 0.416 e. The summed E-state index contributed by atoms with van der Waals surface area (Å²) in [5.41, 5.74) is -0.779. The number of hydrogen-bond acceptors (Lipinski definition) is 4. The van der Waals surface area contributed by atoms with Gasteiger partial charge >= 0.3 is 6.18 Å². The molecule has 5 nitrogen and oxygen atoms in total. The van der Waals surface area contributed by atoms with Gasteiger partial charge in [-0.05, 0) is 24.6 Å². The van der Waals surface area contributed by atoms with Gasteiger partial charge in [0.2, 0.25) is 5.91 Å². The van der Waals surface area contributed by atoms with Gasteiger partial charge in [-0.25, -0.2) is 0 Å². The highest BCUT2D eigenvalue weighted by atomic mass is 19.4. The molecule has 0 radical (unpaired) electrons. The van der Waals surface area contributed by atoms with Crippen molar-refractivity contribution in [3.63, 3.8) is 0 Å². The number of hydrogen-bond donors (Lipinski definition) is 3.